The van der Waals surface area contributed by atoms with E-state index in [2.05, 4.69) is 53.9 Å². The maximum Gasteiger partial charge on any atom is 0.223 e. The summed E-state index contributed by atoms with van der Waals surface area (Å²) in [6.07, 6.45) is 6.39. The highest BCUT2D eigenvalue weighted by atomic mass is 19.1. The summed E-state index contributed by atoms with van der Waals surface area (Å²) >= 11 is 0. The van der Waals surface area contributed by atoms with Crippen LogP contribution in [0.1, 0.15) is 37.5 Å². The largest absolute Gasteiger partial charge is 0.496 e. The van der Waals surface area contributed by atoms with Crippen molar-refractivity contribution in [3.8, 4) is 5.75 Å². The highest BCUT2D eigenvalue weighted by Gasteiger charge is 2.00. The Morgan fingerprint density at radius 2 is 1.88 bits per heavy atom. The molecule has 168 valence electrons. The average molecular weight is 434 g/mol. The Morgan fingerprint density at radius 1 is 1.16 bits per heavy atom. The van der Waals surface area contributed by atoms with Gasteiger partial charge in [0.25, 0.3) is 0 Å². The lowest BCUT2D eigenvalue weighted by Crippen LogP contribution is -2.31. The van der Waals surface area contributed by atoms with E-state index in [1.165, 1.54) is 23.3 Å². The van der Waals surface area contributed by atoms with Crippen molar-refractivity contribution in [1.29, 1.82) is 0 Å². The first-order chi connectivity index (χ1) is 15.4. The predicted octanol–water partition coefficient (Wildman–Crippen LogP) is 4.95. The fourth-order valence-corrected chi connectivity index (χ4v) is 3.03. The Morgan fingerprint density at radius 3 is 2.47 bits per heavy atom. The number of nitrogens with one attached hydrogen (secondary N) is 1. The van der Waals surface area contributed by atoms with Crippen LogP contribution in [0.2, 0.25) is 0 Å². The summed E-state index contributed by atoms with van der Waals surface area (Å²) < 4.78 is 18.1. The fraction of sp³-hybridized carbons (Fsp3) is 0.259. The molecule has 0 saturated carbocycles. The minimum atomic E-state index is -0.240. The molecule has 0 aliphatic heterocycles. The molecular weight excluding hydrogens is 401 g/mol. The van der Waals surface area contributed by atoms with Crippen LogP contribution in [-0.4, -0.2) is 17.1 Å². The summed E-state index contributed by atoms with van der Waals surface area (Å²) in [5.74, 6) is 1.31. The van der Waals surface area contributed by atoms with Gasteiger partial charge in [-0.25, -0.2) is 14.4 Å². The molecule has 0 spiro atoms. The molecule has 1 aromatic heterocycles. The Kier molecular flexibility index (Phi) is 9.61. The molecule has 1 N–H and O–H groups in total. The van der Waals surface area contributed by atoms with Crippen LogP contribution in [0.25, 0.3) is 11.6 Å². The van der Waals surface area contributed by atoms with Gasteiger partial charge in [-0.2, -0.15) is 0 Å². The van der Waals surface area contributed by atoms with Crippen molar-refractivity contribution in [1.82, 2.24) is 9.97 Å². The Labute approximate surface area is 190 Å². The summed E-state index contributed by atoms with van der Waals surface area (Å²) in [4.78, 5) is 8.78. The van der Waals surface area contributed by atoms with E-state index in [4.69, 9.17) is 4.74 Å². The van der Waals surface area contributed by atoms with Crippen molar-refractivity contribution >= 4 is 17.6 Å². The molecule has 0 saturated heterocycles. The van der Waals surface area contributed by atoms with E-state index in [-0.39, 0.29) is 5.82 Å². The highest BCUT2D eigenvalue weighted by Crippen LogP contribution is 2.19. The quantitative estimate of drug-likeness (QED) is 0.597. The third-order valence-electron chi connectivity index (χ3n) is 4.82. The van der Waals surface area contributed by atoms with Crippen molar-refractivity contribution in [3.63, 3.8) is 0 Å². The molecule has 4 nitrogen and oxygen atoms in total. The average Bonchev–Trinajstić information content (AvgIpc) is 2.79. The first kappa shape index (κ1) is 24.8. The van der Waals surface area contributed by atoms with Gasteiger partial charge >= 0.3 is 0 Å². The molecule has 3 aromatic rings. The van der Waals surface area contributed by atoms with Crippen LogP contribution in [0.4, 0.5) is 10.3 Å². The molecule has 0 radical (unpaired) electrons. The summed E-state index contributed by atoms with van der Waals surface area (Å²) in [7, 11) is 1.72. The summed E-state index contributed by atoms with van der Waals surface area (Å²) in [5, 5.41) is 4.97. The van der Waals surface area contributed by atoms with E-state index in [1.54, 1.807) is 31.5 Å². The molecule has 0 atom stereocenters. The number of rotatable bonds is 6. The lowest BCUT2D eigenvalue weighted by Gasteiger charge is -2.06. The molecule has 0 fully saturated rings. The SMILES string of the molecule is C=C/C=c1/nc(NCc2ccc(F)cc2)ncc1=C(C)C.CCc1ccc(C)cc1OC. The van der Waals surface area contributed by atoms with Crippen LogP contribution in [-0.2, 0) is 13.0 Å². The van der Waals surface area contributed by atoms with E-state index in [0.29, 0.717) is 12.5 Å². The molecule has 32 heavy (non-hydrogen) atoms. The number of benzene rings is 2. The molecule has 0 unspecified atom stereocenters. The second-order valence-electron chi connectivity index (χ2n) is 7.54. The van der Waals surface area contributed by atoms with Crippen LogP contribution >= 0.6 is 0 Å². The zero-order valence-electron chi connectivity index (χ0n) is 19.6. The van der Waals surface area contributed by atoms with Crippen LogP contribution in [0.5, 0.6) is 5.75 Å². The van der Waals surface area contributed by atoms with Gasteiger partial charge in [0.05, 0.1) is 12.5 Å². The van der Waals surface area contributed by atoms with Gasteiger partial charge in [0.1, 0.15) is 11.6 Å². The molecule has 0 aliphatic rings. The predicted molar refractivity (Wildman–Crippen MR) is 132 cm³/mol. The number of nitrogens with zero attached hydrogens (tertiary/aromatic N) is 2. The minimum absolute atomic E-state index is 0.240. The van der Waals surface area contributed by atoms with Crippen molar-refractivity contribution in [3.05, 3.63) is 94.4 Å². The van der Waals surface area contributed by atoms with Crippen LogP contribution in [0.15, 0.2) is 61.3 Å². The van der Waals surface area contributed by atoms with E-state index in [9.17, 15) is 4.39 Å². The van der Waals surface area contributed by atoms with Crippen molar-refractivity contribution in [2.75, 3.05) is 12.4 Å². The monoisotopic (exact) mass is 433 g/mol. The van der Waals surface area contributed by atoms with Gasteiger partial charge in [0.2, 0.25) is 5.95 Å². The van der Waals surface area contributed by atoms with E-state index < -0.39 is 0 Å². The van der Waals surface area contributed by atoms with Gasteiger partial charge in [0.15, 0.2) is 0 Å². The summed E-state index contributed by atoms with van der Waals surface area (Å²) in [6, 6.07) is 12.6. The van der Waals surface area contributed by atoms with Crippen LogP contribution < -0.4 is 20.6 Å². The van der Waals surface area contributed by atoms with Gasteiger partial charge in [-0.3, -0.25) is 0 Å². The highest BCUT2D eigenvalue weighted by molar-refractivity contribution is 5.43. The second-order valence-corrected chi connectivity index (χ2v) is 7.54. The van der Waals surface area contributed by atoms with Crippen LogP contribution in [0, 0.1) is 12.7 Å². The summed E-state index contributed by atoms with van der Waals surface area (Å²) in [5.41, 5.74) is 4.64. The second kappa shape index (κ2) is 12.4. The van der Waals surface area contributed by atoms with E-state index in [0.717, 1.165) is 33.9 Å². The molecule has 5 heteroatoms. The third-order valence-corrected chi connectivity index (χ3v) is 4.82. The number of anilines is 1. The number of hydrogen-bond donors (Lipinski definition) is 1. The Bertz CT molecular complexity index is 1150. The Hall–Kier alpha value is -3.47. The molecule has 3 rings (SSSR count). The van der Waals surface area contributed by atoms with Crippen molar-refractivity contribution in [2.45, 2.75) is 40.7 Å². The number of allylic oxidation sites excluding steroid dienone is 1. The molecule has 1 heterocycles. The first-order valence-corrected chi connectivity index (χ1v) is 10.6. The molecule has 0 amide bonds. The number of methoxy groups -OCH3 is 1. The van der Waals surface area contributed by atoms with Gasteiger partial charge in [-0.1, -0.05) is 49.4 Å². The first-order valence-electron chi connectivity index (χ1n) is 10.6. The van der Waals surface area contributed by atoms with Crippen LogP contribution in [0.3, 0.4) is 0 Å². The van der Waals surface area contributed by atoms with E-state index in [1.807, 2.05) is 19.9 Å². The molecule has 2 aromatic carbocycles. The zero-order chi connectivity index (χ0) is 23.5. The van der Waals surface area contributed by atoms with Crippen molar-refractivity contribution in [2.24, 2.45) is 0 Å². The number of aromatic nitrogens is 2. The fourth-order valence-electron chi connectivity index (χ4n) is 3.03. The maximum atomic E-state index is 12.8. The Balaban J connectivity index is 0.000000278. The number of halogens is 1. The smallest absolute Gasteiger partial charge is 0.223 e. The maximum absolute atomic E-state index is 12.8. The lowest BCUT2D eigenvalue weighted by atomic mass is 10.1. The molecule has 0 bridgehead atoms. The summed E-state index contributed by atoms with van der Waals surface area (Å²) in [6.45, 7) is 12.5. The molecular formula is C27H32FN3O. The topological polar surface area (TPSA) is 47.0 Å². The minimum Gasteiger partial charge on any atom is -0.496 e. The number of hydrogen-bond acceptors (Lipinski definition) is 4. The zero-order valence-corrected chi connectivity index (χ0v) is 19.6. The molecule has 0 aliphatic carbocycles. The normalized spacial score (nSPS) is 10.8. The number of ether oxygens (including phenoxy) is 1. The standard InChI is InChI=1S/C17H18FN3.C10H14O/c1-4-5-16-15(12(2)3)11-20-17(21-16)19-10-13-6-8-14(18)9-7-13;1-4-9-6-5-8(2)7-10(9)11-3/h4-9,11H,1,10H2,2-3H3,(H,19,21);5-7H,4H2,1-3H3/b16-5+;. The lowest BCUT2D eigenvalue weighted by molar-refractivity contribution is 0.410. The number of aryl methyl sites for hydroxylation is 2. The van der Waals surface area contributed by atoms with Crippen molar-refractivity contribution < 1.29 is 9.13 Å². The van der Waals surface area contributed by atoms with E-state index >= 15 is 0 Å². The van der Waals surface area contributed by atoms with Gasteiger partial charge < -0.3 is 10.1 Å². The van der Waals surface area contributed by atoms with Gasteiger partial charge in [-0.05, 0) is 68.2 Å². The van der Waals surface area contributed by atoms with Gasteiger partial charge in [0, 0.05) is 18.0 Å². The third kappa shape index (κ3) is 7.34. The van der Waals surface area contributed by atoms with Gasteiger partial charge in [-0.15, -0.1) is 0 Å².